The number of rotatable bonds is 5. The van der Waals surface area contributed by atoms with Gasteiger partial charge in [0.2, 0.25) is 5.91 Å². The highest BCUT2D eigenvalue weighted by Crippen LogP contribution is 2.46. The van der Waals surface area contributed by atoms with Crippen LogP contribution in [0.2, 0.25) is 0 Å². The van der Waals surface area contributed by atoms with Gasteiger partial charge in [0, 0.05) is 12.3 Å². The van der Waals surface area contributed by atoms with Crippen LogP contribution in [0.4, 0.5) is 0 Å². The van der Waals surface area contributed by atoms with Crippen LogP contribution in [0.3, 0.4) is 0 Å². The Morgan fingerprint density at radius 2 is 1.79 bits per heavy atom. The molecular formula is C22H25NO5S. The van der Waals surface area contributed by atoms with Crippen molar-refractivity contribution in [3.05, 3.63) is 65.2 Å². The van der Waals surface area contributed by atoms with E-state index < -0.39 is 33.4 Å². The fraction of sp³-hybridized carbons (Fsp3) is 0.364. The molecule has 1 amide bonds. The predicted molar refractivity (Wildman–Crippen MR) is 109 cm³/mol. The van der Waals surface area contributed by atoms with E-state index in [4.69, 9.17) is 4.74 Å². The van der Waals surface area contributed by atoms with Crippen LogP contribution in [-0.4, -0.2) is 36.7 Å². The van der Waals surface area contributed by atoms with Crippen LogP contribution in [0.25, 0.3) is 0 Å². The molecule has 1 fully saturated rings. The topological polar surface area (TPSA) is 80.8 Å². The van der Waals surface area contributed by atoms with E-state index in [-0.39, 0.29) is 17.9 Å². The second-order valence-electron chi connectivity index (χ2n) is 7.52. The number of hydrogen-bond acceptors (Lipinski definition) is 5. The quantitative estimate of drug-likeness (QED) is 0.700. The first-order chi connectivity index (χ1) is 13.6. The third-order valence-corrected chi connectivity index (χ3v) is 7.33. The van der Waals surface area contributed by atoms with Crippen LogP contribution in [0.5, 0.6) is 0 Å². The SMILES string of the molecule is CCOC(=O)[C@]1(C)[C@@H](c2cccc(C)c2)CC(=O)N1S(=O)(=O)c1ccc(C)cc1. The third kappa shape index (κ3) is 3.55. The number of aryl methyl sites for hydroxylation is 2. The van der Waals surface area contributed by atoms with E-state index in [2.05, 4.69) is 0 Å². The summed E-state index contributed by atoms with van der Waals surface area (Å²) in [4.78, 5) is 26.0. The first-order valence-corrected chi connectivity index (χ1v) is 10.9. The number of ether oxygens (including phenoxy) is 1. The minimum atomic E-state index is -4.24. The number of sulfonamides is 1. The van der Waals surface area contributed by atoms with Gasteiger partial charge in [0.15, 0.2) is 5.54 Å². The van der Waals surface area contributed by atoms with Gasteiger partial charge in [0.1, 0.15) is 0 Å². The summed E-state index contributed by atoms with van der Waals surface area (Å²) in [6, 6.07) is 13.6. The molecule has 0 N–H and O–H groups in total. The summed E-state index contributed by atoms with van der Waals surface area (Å²) in [5.41, 5.74) is 0.906. The fourth-order valence-corrected chi connectivity index (χ4v) is 5.62. The van der Waals surface area contributed by atoms with Crippen molar-refractivity contribution in [2.24, 2.45) is 0 Å². The van der Waals surface area contributed by atoms with Crippen molar-refractivity contribution in [2.75, 3.05) is 6.61 Å². The smallest absolute Gasteiger partial charge is 0.333 e. The summed E-state index contributed by atoms with van der Waals surface area (Å²) in [6.45, 7) is 6.96. The number of esters is 1. The molecule has 0 spiro atoms. The number of carbonyl (C=O) groups excluding carboxylic acids is 2. The Morgan fingerprint density at radius 3 is 2.38 bits per heavy atom. The summed E-state index contributed by atoms with van der Waals surface area (Å²) in [7, 11) is -4.24. The maximum Gasteiger partial charge on any atom is 0.333 e. The van der Waals surface area contributed by atoms with Gasteiger partial charge in [0.25, 0.3) is 10.0 Å². The number of nitrogens with zero attached hydrogens (tertiary/aromatic N) is 1. The van der Waals surface area contributed by atoms with Crippen molar-refractivity contribution in [1.82, 2.24) is 4.31 Å². The zero-order valence-corrected chi connectivity index (χ0v) is 17.8. The average molecular weight is 416 g/mol. The first kappa shape index (κ1) is 21.0. The highest BCUT2D eigenvalue weighted by molar-refractivity contribution is 7.89. The van der Waals surface area contributed by atoms with E-state index in [9.17, 15) is 18.0 Å². The van der Waals surface area contributed by atoms with Gasteiger partial charge in [-0.15, -0.1) is 0 Å². The maximum atomic E-state index is 13.4. The van der Waals surface area contributed by atoms with E-state index in [1.54, 1.807) is 19.1 Å². The summed E-state index contributed by atoms with van der Waals surface area (Å²) >= 11 is 0. The van der Waals surface area contributed by atoms with E-state index in [0.29, 0.717) is 0 Å². The molecule has 2 aromatic rings. The lowest BCUT2D eigenvalue weighted by atomic mass is 9.81. The van der Waals surface area contributed by atoms with Gasteiger partial charge in [0.05, 0.1) is 11.5 Å². The van der Waals surface area contributed by atoms with Gasteiger partial charge in [-0.3, -0.25) is 4.79 Å². The lowest BCUT2D eigenvalue weighted by Gasteiger charge is -2.36. The summed E-state index contributed by atoms with van der Waals surface area (Å²) < 4.78 is 32.8. The Labute approximate surface area is 171 Å². The summed E-state index contributed by atoms with van der Waals surface area (Å²) in [5, 5.41) is 0. The highest BCUT2D eigenvalue weighted by Gasteiger charge is 2.60. The molecule has 0 saturated carbocycles. The molecule has 1 heterocycles. The number of benzene rings is 2. The monoisotopic (exact) mass is 415 g/mol. The van der Waals surface area contributed by atoms with Gasteiger partial charge < -0.3 is 4.74 Å². The lowest BCUT2D eigenvalue weighted by Crippen LogP contribution is -2.55. The van der Waals surface area contributed by atoms with Crippen LogP contribution in [-0.2, 0) is 24.3 Å². The van der Waals surface area contributed by atoms with Gasteiger partial charge in [-0.25, -0.2) is 17.5 Å². The van der Waals surface area contributed by atoms with Crippen molar-refractivity contribution in [2.45, 2.75) is 50.5 Å². The Bertz CT molecular complexity index is 1050. The standard InChI is InChI=1S/C22H25NO5S/c1-5-28-21(25)22(4)19(17-8-6-7-16(3)13-17)14-20(24)23(22)29(26,27)18-11-9-15(2)10-12-18/h6-13,19H,5,14H2,1-4H3/t19-,22+/m1/s1. The second-order valence-corrected chi connectivity index (χ2v) is 9.30. The van der Waals surface area contributed by atoms with Gasteiger partial charge >= 0.3 is 5.97 Å². The van der Waals surface area contributed by atoms with Crippen LogP contribution in [0.15, 0.2) is 53.4 Å². The molecule has 3 rings (SSSR count). The van der Waals surface area contributed by atoms with Crippen molar-refractivity contribution in [3.63, 3.8) is 0 Å². The lowest BCUT2D eigenvalue weighted by molar-refractivity contribution is -0.155. The van der Waals surface area contributed by atoms with Crippen LogP contribution in [0, 0.1) is 13.8 Å². The normalized spacial score (nSPS) is 22.0. The molecule has 1 saturated heterocycles. The molecule has 1 aliphatic rings. The van der Waals surface area contributed by atoms with E-state index >= 15 is 0 Å². The largest absolute Gasteiger partial charge is 0.464 e. The molecule has 0 aliphatic carbocycles. The Hall–Kier alpha value is -2.67. The molecule has 6 nitrogen and oxygen atoms in total. The van der Waals surface area contributed by atoms with Crippen LogP contribution >= 0.6 is 0 Å². The van der Waals surface area contributed by atoms with Gasteiger partial charge in [-0.05, 0) is 45.4 Å². The molecule has 2 atom stereocenters. The minimum Gasteiger partial charge on any atom is -0.464 e. The fourth-order valence-electron chi connectivity index (χ4n) is 3.89. The molecular weight excluding hydrogens is 390 g/mol. The molecule has 0 radical (unpaired) electrons. The predicted octanol–water partition coefficient (Wildman–Crippen LogP) is 3.33. The van der Waals surface area contributed by atoms with Gasteiger partial charge in [-0.1, -0.05) is 47.5 Å². The van der Waals surface area contributed by atoms with Crippen LogP contribution < -0.4 is 0 Å². The van der Waals surface area contributed by atoms with E-state index in [1.807, 2.05) is 38.1 Å². The zero-order chi connectivity index (χ0) is 21.4. The Balaban J connectivity index is 2.18. The zero-order valence-electron chi connectivity index (χ0n) is 17.0. The molecule has 0 aromatic heterocycles. The van der Waals surface area contributed by atoms with Crippen molar-refractivity contribution in [3.8, 4) is 0 Å². The molecule has 1 aliphatic heterocycles. The number of hydrogen-bond donors (Lipinski definition) is 0. The van der Waals surface area contributed by atoms with E-state index in [1.165, 1.54) is 19.1 Å². The van der Waals surface area contributed by atoms with Crippen molar-refractivity contribution >= 4 is 21.9 Å². The Morgan fingerprint density at radius 1 is 1.14 bits per heavy atom. The number of amides is 1. The van der Waals surface area contributed by atoms with Crippen LogP contribution in [0.1, 0.15) is 42.9 Å². The summed E-state index contributed by atoms with van der Waals surface area (Å²) in [6.07, 6.45) is -0.0934. The first-order valence-electron chi connectivity index (χ1n) is 9.51. The molecule has 0 unspecified atom stereocenters. The Kier molecular flexibility index (Phi) is 5.54. The van der Waals surface area contributed by atoms with Crippen molar-refractivity contribution < 1.29 is 22.7 Å². The van der Waals surface area contributed by atoms with E-state index in [0.717, 1.165) is 21.0 Å². The minimum absolute atomic E-state index is 0.0307. The molecule has 0 bridgehead atoms. The number of carbonyl (C=O) groups is 2. The summed E-state index contributed by atoms with van der Waals surface area (Å²) in [5.74, 6) is -1.99. The second kappa shape index (κ2) is 7.63. The molecule has 29 heavy (non-hydrogen) atoms. The maximum absolute atomic E-state index is 13.4. The van der Waals surface area contributed by atoms with Crippen molar-refractivity contribution in [1.29, 1.82) is 0 Å². The molecule has 7 heteroatoms. The molecule has 154 valence electrons. The molecule has 2 aromatic carbocycles. The van der Waals surface area contributed by atoms with Gasteiger partial charge in [-0.2, -0.15) is 0 Å². The third-order valence-electron chi connectivity index (χ3n) is 5.40. The average Bonchev–Trinajstić information content (AvgIpc) is 2.94. The highest BCUT2D eigenvalue weighted by atomic mass is 32.2.